The summed E-state index contributed by atoms with van der Waals surface area (Å²) in [6, 6.07) is 6.20. The van der Waals surface area contributed by atoms with Gasteiger partial charge in [0.2, 0.25) is 0 Å². The van der Waals surface area contributed by atoms with E-state index in [4.69, 9.17) is 16.3 Å². The van der Waals surface area contributed by atoms with E-state index in [2.05, 4.69) is 42.0 Å². The van der Waals surface area contributed by atoms with Crippen LogP contribution in [0.3, 0.4) is 0 Å². The van der Waals surface area contributed by atoms with Crippen molar-refractivity contribution in [2.45, 2.75) is 39.3 Å². The van der Waals surface area contributed by atoms with Gasteiger partial charge in [0.05, 0.1) is 17.7 Å². The van der Waals surface area contributed by atoms with Crippen LogP contribution in [-0.4, -0.2) is 42.0 Å². The molecule has 2 heterocycles. The standard InChI is InChI=1S/C21H26ClN3O2/c1-13-14(2)20(27-4)6-5-17(13)15(3)25-10-8-16(12-25)24-21(26)18-11-23-9-7-19(18)22/h5-7,9,11,15-16H,8,10,12H2,1-4H3,(H,24,26)/t15?,16-/m1/s1. The first-order valence-corrected chi connectivity index (χ1v) is 9.58. The Kier molecular flexibility index (Phi) is 6.02. The van der Waals surface area contributed by atoms with Gasteiger partial charge in [0, 0.05) is 37.6 Å². The average Bonchev–Trinajstić information content (AvgIpc) is 3.12. The number of likely N-dealkylation sites (tertiary alicyclic amines) is 1. The maximum absolute atomic E-state index is 12.5. The van der Waals surface area contributed by atoms with Crippen molar-refractivity contribution in [3.8, 4) is 5.75 Å². The Labute approximate surface area is 165 Å². The van der Waals surface area contributed by atoms with Gasteiger partial charge in [0.15, 0.2) is 0 Å². The van der Waals surface area contributed by atoms with Gasteiger partial charge in [0.25, 0.3) is 5.91 Å². The van der Waals surface area contributed by atoms with Crippen LogP contribution in [-0.2, 0) is 0 Å². The number of pyridine rings is 1. The second-order valence-corrected chi connectivity index (χ2v) is 7.50. The average molecular weight is 388 g/mol. The highest BCUT2D eigenvalue weighted by molar-refractivity contribution is 6.33. The molecule has 1 unspecified atom stereocenters. The lowest BCUT2D eigenvalue weighted by atomic mass is 9.97. The summed E-state index contributed by atoms with van der Waals surface area (Å²) in [6.07, 6.45) is 4.01. The van der Waals surface area contributed by atoms with Crippen molar-refractivity contribution in [1.82, 2.24) is 15.2 Å². The molecule has 1 aromatic heterocycles. The molecule has 1 fully saturated rings. The van der Waals surface area contributed by atoms with Crippen molar-refractivity contribution >= 4 is 17.5 Å². The van der Waals surface area contributed by atoms with E-state index in [0.29, 0.717) is 10.6 Å². The molecule has 1 N–H and O–H groups in total. The van der Waals surface area contributed by atoms with Crippen molar-refractivity contribution < 1.29 is 9.53 Å². The van der Waals surface area contributed by atoms with E-state index in [-0.39, 0.29) is 18.0 Å². The molecule has 1 saturated heterocycles. The molecule has 0 spiro atoms. The first kappa shape index (κ1) is 19.6. The number of nitrogens with one attached hydrogen (secondary N) is 1. The van der Waals surface area contributed by atoms with Crippen molar-refractivity contribution in [2.24, 2.45) is 0 Å². The summed E-state index contributed by atoms with van der Waals surface area (Å²) in [7, 11) is 1.70. The minimum Gasteiger partial charge on any atom is -0.496 e. The molecule has 2 aromatic rings. The summed E-state index contributed by atoms with van der Waals surface area (Å²) < 4.78 is 5.42. The SMILES string of the molecule is COc1ccc(C(C)N2CC[C@@H](NC(=O)c3cnccc3Cl)C2)c(C)c1C. The Balaban J connectivity index is 1.66. The number of methoxy groups -OCH3 is 1. The number of ether oxygens (including phenoxy) is 1. The third-order valence-corrected chi connectivity index (χ3v) is 5.89. The van der Waals surface area contributed by atoms with Crippen molar-refractivity contribution in [3.63, 3.8) is 0 Å². The zero-order valence-corrected chi connectivity index (χ0v) is 17.0. The highest BCUT2D eigenvalue weighted by atomic mass is 35.5. The van der Waals surface area contributed by atoms with Crippen LogP contribution in [0.4, 0.5) is 0 Å². The Morgan fingerprint density at radius 2 is 2.11 bits per heavy atom. The summed E-state index contributed by atoms with van der Waals surface area (Å²) in [5, 5.41) is 3.52. The molecule has 0 bridgehead atoms. The topological polar surface area (TPSA) is 54.5 Å². The zero-order valence-electron chi connectivity index (χ0n) is 16.3. The maximum atomic E-state index is 12.5. The summed E-state index contributed by atoms with van der Waals surface area (Å²) in [6.45, 7) is 8.21. The Morgan fingerprint density at radius 3 is 2.81 bits per heavy atom. The Bertz CT molecular complexity index is 840. The van der Waals surface area contributed by atoms with Crippen LogP contribution in [0.25, 0.3) is 0 Å². The smallest absolute Gasteiger partial charge is 0.254 e. The molecule has 2 atom stereocenters. The maximum Gasteiger partial charge on any atom is 0.254 e. The highest BCUT2D eigenvalue weighted by Crippen LogP contribution is 2.32. The van der Waals surface area contributed by atoms with Crippen LogP contribution in [0.15, 0.2) is 30.6 Å². The van der Waals surface area contributed by atoms with Gasteiger partial charge in [-0.2, -0.15) is 0 Å². The first-order valence-electron chi connectivity index (χ1n) is 9.21. The van der Waals surface area contributed by atoms with Crippen LogP contribution in [0.5, 0.6) is 5.75 Å². The third kappa shape index (κ3) is 4.09. The molecular weight excluding hydrogens is 362 g/mol. The lowest BCUT2D eigenvalue weighted by Gasteiger charge is -2.27. The van der Waals surface area contributed by atoms with Crippen molar-refractivity contribution in [2.75, 3.05) is 20.2 Å². The molecule has 5 nitrogen and oxygen atoms in total. The fourth-order valence-electron chi connectivity index (χ4n) is 3.75. The molecule has 144 valence electrons. The molecule has 0 radical (unpaired) electrons. The van der Waals surface area contributed by atoms with Crippen molar-refractivity contribution in [1.29, 1.82) is 0 Å². The number of benzene rings is 1. The van der Waals surface area contributed by atoms with E-state index in [1.165, 1.54) is 22.9 Å². The van der Waals surface area contributed by atoms with E-state index in [1.54, 1.807) is 19.4 Å². The lowest BCUT2D eigenvalue weighted by molar-refractivity contribution is 0.0936. The molecule has 27 heavy (non-hydrogen) atoms. The number of hydrogen-bond acceptors (Lipinski definition) is 4. The normalized spacial score (nSPS) is 18.3. The van der Waals surface area contributed by atoms with Gasteiger partial charge in [-0.1, -0.05) is 17.7 Å². The lowest BCUT2D eigenvalue weighted by Crippen LogP contribution is -2.37. The van der Waals surface area contributed by atoms with Gasteiger partial charge >= 0.3 is 0 Å². The number of rotatable bonds is 5. The van der Waals surface area contributed by atoms with Crippen LogP contribution in [0.2, 0.25) is 5.02 Å². The van der Waals surface area contributed by atoms with Crippen LogP contribution < -0.4 is 10.1 Å². The van der Waals surface area contributed by atoms with E-state index in [0.717, 1.165) is 25.3 Å². The summed E-state index contributed by atoms with van der Waals surface area (Å²) in [5.41, 5.74) is 4.16. The fourth-order valence-corrected chi connectivity index (χ4v) is 3.94. The zero-order chi connectivity index (χ0) is 19.6. The monoisotopic (exact) mass is 387 g/mol. The fraction of sp³-hybridized carbons (Fsp3) is 0.429. The van der Waals surface area contributed by atoms with Gasteiger partial charge in [-0.15, -0.1) is 0 Å². The predicted octanol–water partition coefficient (Wildman–Crippen LogP) is 3.93. The Hall–Kier alpha value is -2.11. The van der Waals surface area contributed by atoms with Gasteiger partial charge in [-0.3, -0.25) is 14.7 Å². The molecule has 6 heteroatoms. The van der Waals surface area contributed by atoms with Gasteiger partial charge in [-0.25, -0.2) is 0 Å². The van der Waals surface area contributed by atoms with E-state index in [1.807, 2.05) is 6.07 Å². The molecule has 1 aliphatic heterocycles. The number of carbonyl (C=O) groups is 1. The number of nitrogens with zero attached hydrogens (tertiary/aromatic N) is 2. The second-order valence-electron chi connectivity index (χ2n) is 7.09. The Morgan fingerprint density at radius 1 is 1.33 bits per heavy atom. The third-order valence-electron chi connectivity index (χ3n) is 5.56. The van der Waals surface area contributed by atoms with E-state index in [9.17, 15) is 4.79 Å². The number of halogens is 1. The molecular formula is C21H26ClN3O2. The number of hydrogen-bond donors (Lipinski definition) is 1. The second kappa shape index (κ2) is 8.28. The largest absolute Gasteiger partial charge is 0.496 e. The quantitative estimate of drug-likeness (QED) is 0.844. The van der Waals surface area contributed by atoms with Crippen LogP contribution in [0, 0.1) is 13.8 Å². The highest BCUT2D eigenvalue weighted by Gasteiger charge is 2.29. The van der Waals surface area contributed by atoms with Gasteiger partial charge in [0.1, 0.15) is 5.75 Å². The molecule has 3 rings (SSSR count). The number of amides is 1. The summed E-state index contributed by atoms with van der Waals surface area (Å²) in [5.74, 6) is 0.757. The van der Waals surface area contributed by atoms with Gasteiger partial charge in [-0.05, 0) is 56.0 Å². The van der Waals surface area contributed by atoms with Crippen molar-refractivity contribution in [3.05, 3.63) is 57.9 Å². The minimum atomic E-state index is -0.163. The molecule has 1 amide bonds. The minimum absolute atomic E-state index is 0.107. The van der Waals surface area contributed by atoms with Crippen LogP contribution in [0.1, 0.15) is 46.4 Å². The molecule has 1 aromatic carbocycles. The molecule has 1 aliphatic rings. The molecule has 0 aliphatic carbocycles. The van der Waals surface area contributed by atoms with E-state index < -0.39 is 0 Å². The van der Waals surface area contributed by atoms with E-state index >= 15 is 0 Å². The first-order chi connectivity index (χ1) is 12.9. The summed E-state index contributed by atoms with van der Waals surface area (Å²) in [4.78, 5) is 18.9. The number of aromatic nitrogens is 1. The van der Waals surface area contributed by atoms with Crippen LogP contribution >= 0.6 is 11.6 Å². The molecule has 0 saturated carbocycles. The summed E-state index contributed by atoms with van der Waals surface area (Å²) >= 11 is 6.10. The van der Waals surface area contributed by atoms with Gasteiger partial charge < -0.3 is 10.1 Å². The predicted molar refractivity (Wildman–Crippen MR) is 108 cm³/mol. The number of carbonyl (C=O) groups excluding carboxylic acids is 1.